The highest BCUT2D eigenvalue weighted by atomic mass is 16.6. The van der Waals surface area contributed by atoms with Gasteiger partial charge in [-0.15, -0.1) is 0 Å². The first kappa shape index (κ1) is 15.3. The maximum absolute atomic E-state index is 12.0. The maximum atomic E-state index is 12.0. The van der Waals surface area contributed by atoms with Gasteiger partial charge in [-0.05, 0) is 32.9 Å². The van der Waals surface area contributed by atoms with Crippen molar-refractivity contribution < 1.29 is 14.3 Å². The third kappa shape index (κ3) is 3.93. The van der Waals surface area contributed by atoms with Gasteiger partial charge in [0.2, 0.25) is 0 Å². The van der Waals surface area contributed by atoms with Gasteiger partial charge in [-0.3, -0.25) is 4.79 Å². The minimum atomic E-state index is -0.486. The highest BCUT2D eigenvalue weighted by Crippen LogP contribution is 2.18. The summed E-state index contributed by atoms with van der Waals surface area (Å²) in [6.07, 6.45) is 2.18. The molecule has 21 heavy (non-hydrogen) atoms. The Hall–Kier alpha value is -2.11. The zero-order valence-corrected chi connectivity index (χ0v) is 12.7. The average Bonchev–Trinajstić information content (AvgIpc) is 2.45. The molecule has 6 nitrogen and oxygen atoms in total. The molecular formula is C15H21N3O3. The summed E-state index contributed by atoms with van der Waals surface area (Å²) >= 11 is 0. The molecule has 0 unspecified atom stereocenters. The number of amides is 1. The molecule has 6 heteroatoms. The van der Waals surface area contributed by atoms with E-state index in [0.29, 0.717) is 37.6 Å². The number of aldehydes is 1. The Labute approximate surface area is 124 Å². The fourth-order valence-corrected chi connectivity index (χ4v) is 2.19. The summed E-state index contributed by atoms with van der Waals surface area (Å²) in [7, 11) is 0. The van der Waals surface area contributed by atoms with Crippen molar-refractivity contribution in [2.45, 2.75) is 26.4 Å². The van der Waals surface area contributed by atoms with E-state index in [9.17, 15) is 9.59 Å². The topological polar surface area (TPSA) is 62.7 Å². The second-order valence-electron chi connectivity index (χ2n) is 5.99. The van der Waals surface area contributed by atoms with Crippen LogP contribution in [0.5, 0.6) is 0 Å². The Balaban J connectivity index is 1.97. The summed E-state index contributed by atoms with van der Waals surface area (Å²) in [6, 6.07) is 3.49. The number of piperazine rings is 1. The van der Waals surface area contributed by atoms with Crippen LogP contribution in [0.25, 0.3) is 0 Å². The third-order valence-corrected chi connectivity index (χ3v) is 3.17. The van der Waals surface area contributed by atoms with Gasteiger partial charge in [0.1, 0.15) is 11.4 Å². The Morgan fingerprint density at radius 1 is 1.29 bits per heavy atom. The van der Waals surface area contributed by atoms with Gasteiger partial charge in [0, 0.05) is 32.4 Å². The number of anilines is 1. The van der Waals surface area contributed by atoms with Crippen molar-refractivity contribution in [1.82, 2.24) is 9.88 Å². The zero-order chi connectivity index (χ0) is 15.5. The fraction of sp³-hybridized carbons (Fsp3) is 0.533. The molecule has 1 aliphatic rings. The van der Waals surface area contributed by atoms with Gasteiger partial charge >= 0.3 is 6.09 Å². The number of carbonyl (C=O) groups excluding carboxylic acids is 2. The summed E-state index contributed by atoms with van der Waals surface area (Å²) in [6.45, 7) is 7.95. The largest absolute Gasteiger partial charge is 0.444 e. The summed E-state index contributed by atoms with van der Waals surface area (Å²) in [5.41, 5.74) is 0.0862. The molecule has 0 radical (unpaired) electrons. The van der Waals surface area contributed by atoms with Crippen LogP contribution >= 0.6 is 0 Å². The number of hydrogen-bond acceptors (Lipinski definition) is 5. The van der Waals surface area contributed by atoms with Crippen LogP contribution in [-0.2, 0) is 4.74 Å². The van der Waals surface area contributed by atoms with Crippen LogP contribution in [0, 0.1) is 0 Å². The predicted molar refractivity (Wildman–Crippen MR) is 79.6 cm³/mol. The lowest BCUT2D eigenvalue weighted by Gasteiger charge is -2.36. The lowest BCUT2D eigenvalue weighted by molar-refractivity contribution is 0.0240. The van der Waals surface area contributed by atoms with E-state index in [0.717, 1.165) is 6.29 Å². The standard InChI is InChI=1S/C15H21N3O3/c1-15(2,3)21-14(20)18-9-7-17(8-10-18)13-12(11-19)5-4-6-16-13/h4-6,11H,7-10H2,1-3H3. The molecular weight excluding hydrogens is 270 g/mol. The second-order valence-corrected chi connectivity index (χ2v) is 5.99. The van der Waals surface area contributed by atoms with Crippen LogP contribution in [-0.4, -0.2) is 54.0 Å². The Morgan fingerprint density at radius 3 is 2.52 bits per heavy atom. The van der Waals surface area contributed by atoms with Crippen molar-refractivity contribution in [3.8, 4) is 0 Å². The Morgan fingerprint density at radius 2 is 1.95 bits per heavy atom. The highest BCUT2D eigenvalue weighted by Gasteiger charge is 2.26. The molecule has 0 saturated carbocycles. The van der Waals surface area contributed by atoms with E-state index in [1.165, 1.54) is 0 Å². The van der Waals surface area contributed by atoms with Gasteiger partial charge < -0.3 is 14.5 Å². The van der Waals surface area contributed by atoms with Gasteiger partial charge in [0.15, 0.2) is 6.29 Å². The van der Waals surface area contributed by atoms with Crippen molar-refractivity contribution in [2.24, 2.45) is 0 Å². The van der Waals surface area contributed by atoms with Crippen LogP contribution in [0.2, 0.25) is 0 Å². The molecule has 0 bridgehead atoms. The zero-order valence-electron chi connectivity index (χ0n) is 12.7. The number of ether oxygens (including phenoxy) is 1. The van der Waals surface area contributed by atoms with Gasteiger partial charge in [0.25, 0.3) is 0 Å². The van der Waals surface area contributed by atoms with Crippen LogP contribution in [0.15, 0.2) is 18.3 Å². The lowest BCUT2D eigenvalue weighted by atomic mass is 10.2. The first-order valence-corrected chi connectivity index (χ1v) is 7.04. The van der Waals surface area contributed by atoms with E-state index in [4.69, 9.17) is 4.74 Å². The second kappa shape index (κ2) is 6.11. The van der Waals surface area contributed by atoms with E-state index >= 15 is 0 Å². The van der Waals surface area contributed by atoms with Crippen molar-refractivity contribution in [2.75, 3.05) is 31.1 Å². The first-order valence-electron chi connectivity index (χ1n) is 7.04. The molecule has 0 spiro atoms. The first-order chi connectivity index (χ1) is 9.90. The molecule has 2 heterocycles. The smallest absolute Gasteiger partial charge is 0.410 e. The predicted octanol–water partition coefficient (Wildman–Crippen LogP) is 1.95. The molecule has 0 aliphatic carbocycles. The molecule has 1 amide bonds. The van der Waals surface area contributed by atoms with Crippen molar-refractivity contribution in [3.05, 3.63) is 23.9 Å². The molecule has 114 valence electrons. The number of aromatic nitrogens is 1. The summed E-state index contributed by atoms with van der Waals surface area (Å²) in [4.78, 5) is 31.0. The fourth-order valence-electron chi connectivity index (χ4n) is 2.19. The molecule has 1 saturated heterocycles. The lowest BCUT2D eigenvalue weighted by Crippen LogP contribution is -2.50. The van der Waals surface area contributed by atoms with Crippen LogP contribution in [0.3, 0.4) is 0 Å². The molecule has 1 aliphatic heterocycles. The number of pyridine rings is 1. The van der Waals surface area contributed by atoms with Gasteiger partial charge in [-0.1, -0.05) is 0 Å². The summed E-state index contributed by atoms with van der Waals surface area (Å²) in [5, 5.41) is 0. The quantitative estimate of drug-likeness (QED) is 0.779. The molecule has 0 N–H and O–H groups in total. The molecule has 0 atom stereocenters. The van der Waals surface area contributed by atoms with Gasteiger partial charge in [-0.2, -0.15) is 0 Å². The van der Waals surface area contributed by atoms with Gasteiger partial charge in [-0.25, -0.2) is 9.78 Å². The van der Waals surface area contributed by atoms with Crippen molar-refractivity contribution >= 4 is 18.2 Å². The molecule has 2 rings (SSSR count). The number of nitrogens with zero attached hydrogens (tertiary/aromatic N) is 3. The molecule has 0 aromatic carbocycles. The molecule has 1 aromatic heterocycles. The van der Waals surface area contributed by atoms with E-state index in [-0.39, 0.29) is 6.09 Å². The molecule has 1 aromatic rings. The van der Waals surface area contributed by atoms with Crippen molar-refractivity contribution in [1.29, 1.82) is 0 Å². The number of carbonyl (C=O) groups is 2. The maximum Gasteiger partial charge on any atom is 0.410 e. The summed E-state index contributed by atoms with van der Waals surface area (Å²) < 4.78 is 5.36. The van der Waals surface area contributed by atoms with E-state index in [1.54, 1.807) is 23.2 Å². The minimum Gasteiger partial charge on any atom is -0.444 e. The Bertz CT molecular complexity index is 517. The van der Waals surface area contributed by atoms with E-state index in [2.05, 4.69) is 4.98 Å². The molecule has 1 fully saturated rings. The minimum absolute atomic E-state index is 0.293. The average molecular weight is 291 g/mol. The van der Waals surface area contributed by atoms with Crippen molar-refractivity contribution in [3.63, 3.8) is 0 Å². The SMILES string of the molecule is CC(C)(C)OC(=O)N1CCN(c2ncccc2C=O)CC1. The van der Waals surface area contributed by atoms with Crippen LogP contribution in [0.1, 0.15) is 31.1 Å². The third-order valence-electron chi connectivity index (χ3n) is 3.17. The number of rotatable bonds is 2. The Kier molecular flexibility index (Phi) is 4.45. The van der Waals surface area contributed by atoms with Gasteiger partial charge in [0.05, 0.1) is 5.56 Å². The van der Waals surface area contributed by atoms with E-state index < -0.39 is 5.60 Å². The number of hydrogen-bond donors (Lipinski definition) is 0. The van der Waals surface area contributed by atoms with Crippen LogP contribution in [0.4, 0.5) is 10.6 Å². The monoisotopic (exact) mass is 291 g/mol. The van der Waals surface area contributed by atoms with Crippen LogP contribution < -0.4 is 4.90 Å². The highest BCUT2D eigenvalue weighted by molar-refractivity contribution is 5.82. The normalized spacial score (nSPS) is 15.8. The summed E-state index contributed by atoms with van der Waals surface area (Å²) in [5.74, 6) is 0.677. The van der Waals surface area contributed by atoms with E-state index in [1.807, 2.05) is 25.7 Å².